The molecule has 0 unspecified atom stereocenters. The van der Waals surface area contributed by atoms with E-state index in [-0.39, 0.29) is 41.5 Å². The summed E-state index contributed by atoms with van der Waals surface area (Å²) in [5, 5.41) is 5.92. The van der Waals surface area contributed by atoms with E-state index >= 15 is 0 Å². The smallest absolute Gasteiger partial charge is 0.417 e. The van der Waals surface area contributed by atoms with Crippen LogP contribution in [-0.2, 0) is 19.3 Å². The fraction of sp³-hybridized carbons (Fsp3) is 0.167. The molecule has 5 rings (SSSR count). The third-order valence-electron chi connectivity index (χ3n) is 5.56. The molecule has 0 aliphatic carbocycles. The second-order valence-corrected chi connectivity index (χ2v) is 7.92. The van der Waals surface area contributed by atoms with Crippen molar-refractivity contribution in [3.63, 3.8) is 0 Å². The van der Waals surface area contributed by atoms with Crippen LogP contribution in [0.4, 0.5) is 22.0 Å². The highest BCUT2D eigenvalue weighted by atomic mass is 19.4. The van der Waals surface area contributed by atoms with Crippen LogP contribution < -0.4 is 4.74 Å². The Morgan fingerprint density at radius 2 is 1.89 bits per heavy atom. The number of nitrogens with one attached hydrogen (secondary N) is 1. The molecule has 2 aromatic heterocycles. The Hall–Kier alpha value is -4.35. The van der Waals surface area contributed by atoms with E-state index in [4.69, 9.17) is 4.74 Å². The highest BCUT2D eigenvalue weighted by Gasteiger charge is 2.34. The van der Waals surface area contributed by atoms with Gasteiger partial charge in [-0.2, -0.15) is 18.3 Å². The van der Waals surface area contributed by atoms with E-state index in [0.29, 0.717) is 17.1 Å². The van der Waals surface area contributed by atoms with Gasteiger partial charge in [-0.05, 0) is 30.3 Å². The zero-order valence-electron chi connectivity index (χ0n) is 18.6. The number of aromatic amines is 1. The Labute approximate surface area is 201 Å². The largest absolute Gasteiger partial charge is 0.497 e. The Morgan fingerprint density at radius 1 is 1.06 bits per heavy atom. The van der Waals surface area contributed by atoms with Gasteiger partial charge in [-0.25, -0.2) is 13.8 Å². The summed E-state index contributed by atoms with van der Waals surface area (Å²) >= 11 is 0. The van der Waals surface area contributed by atoms with Gasteiger partial charge >= 0.3 is 6.18 Å². The van der Waals surface area contributed by atoms with Crippen molar-refractivity contribution in [2.45, 2.75) is 19.3 Å². The maximum atomic E-state index is 14.1. The van der Waals surface area contributed by atoms with Crippen molar-refractivity contribution in [3.8, 4) is 28.4 Å². The minimum atomic E-state index is -4.60. The van der Waals surface area contributed by atoms with Crippen LogP contribution in [0.5, 0.6) is 5.75 Å². The van der Waals surface area contributed by atoms with E-state index in [1.807, 2.05) is 0 Å². The number of hydrogen-bond donors (Lipinski definition) is 1. The molecule has 0 fully saturated rings. The van der Waals surface area contributed by atoms with Crippen molar-refractivity contribution in [1.82, 2.24) is 24.9 Å². The molecule has 0 radical (unpaired) electrons. The van der Waals surface area contributed by atoms with Crippen LogP contribution in [-0.4, -0.2) is 38.3 Å². The first-order valence-corrected chi connectivity index (χ1v) is 10.6. The molecule has 0 atom stereocenters. The van der Waals surface area contributed by atoms with Crippen molar-refractivity contribution in [2.24, 2.45) is 5.10 Å². The fourth-order valence-corrected chi connectivity index (χ4v) is 3.78. The minimum absolute atomic E-state index is 0.00237. The zero-order valence-corrected chi connectivity index (χ0v) is 18.6. The zero-order chi connectivity index (χ0) is 25.4. The molecular formula is C24H17F5N6O. The molecule has 0 saturated carbocycles. The molecule has 0 bridgehead atoms. The molecule has 0 saturated heterocycles. The number of nitrogens with zero attached hydrogens (tertiary/aromatic N) is 5. The number of methoxy groups -OCH3 is 1. The van der Waals surface area contributed by atoms with Gasteiger partial charge in [0, 0.05) is 5.56 Å². The van der Waals surface area contributed by atoms with E-state index in [0.717, 1.165) is 12.1 Å². The van der Waals surface area contributed by atoms with E-state index in [9.17, 15) is 22.0 Å². The van der Waals surface area contributed by atoms with Crippen LogP contribution in [0.15, 0.2) is 53.9 Å². The minimum Gasteiger partial charge on any atom is -0.497 e. The highest BCUT2D eigenvalue weighted by molar-refractivity contribution is 5.80. The number of ether oxygens (including phenoxy) is 1. The molecule has 12 heteroatoms. The van der Waals surface area contributed by atoms with Gasteiger partial charge in [0.15, 0.2) is 11.6 Å². The lowest BCUT2D eigenvalue weighted by atomic mass is 10.0. The summed E-state index contributed by atoms with van der Waals surface area (Å²) in [7, 11) is 1.29. The predicted octanol–water partition coefficient (Wildman–Crippen LogP) is 5.19. The first kappa shape index (κ1) is 23.4. The van der Waals surface area contributed by atoms with Gasteiger partial charge in [-0.1, -0.05) is 6.07 Å². The quantitative estimate of drug-likeness (QED) is 0.382. The average molecular weight is 500 g/mol. The topological polar surface area (TPSA) is 79.3 Å². The lowest BCUT2D eigenvalue weighted by molar-refractivity contribution is -0.137. The molecule has 2 aromatic carbocycles. The van der Waals surface area contributed by atoms with Crippen LogP contribution >= 0.6 is 0 Å². The normalized spacial score (nSPS) is 13.1. The summed E-state index contributed by atoms with van der Waals surface area (Å²) in [6.45, 7) is 0.452. The molecule has 4 aromatic rings. The Bertz CT molecular complexity index is 1450. The van der Waals surface area contributed by atoms with E-state index in [1.165, 1.54) is 50.0 Å². The predicted molar refractivity (Wildman–Crippen MR) is 120 cm³/mol. The summed E-state index contributed by atoms with van der Waals surface area (Å²) in [5.74, 6) is -1.72. The number of halogens is 5. The monoisotopic (exact) mass is 500 g/mol. The SMILES string of the molecule is COc1ccc(-c2cnc(CN3Cc4nc(-c5cccc(F)c5F)[nH]c4C=N3)cn2)c(C(F)(F)F)c1. The van der Waals surface area contributed by atoms with Crippen molar-refractivity contribution >= 4 is 6.21 Å². The van der Waals surface area contributed by atoms with E-state index in [1.54, 1.807) is 5.01 Å². The number of fused-ring (bicyclic) bond motifs is 1. The molecule has 7 nitrogen and oxygen atoms in total. The third kappa shape index (κ3) is 4.49. The van der Waals surface area contributed by atoms with Gasteiger partial charge in [-0.15, -0.1) is 0 Å². The van der Waals surface area contributed by atoms with Crippen molar-refractivity contribution in [3.05, 3.63) is 83.1 Å². The number of hydrazone groups is 1. The molecule has 3 heterocycles. The molecule has 0 spiro atoms. The summed E-state index contributed by atoms with van der Waals surface area (Å²) in [6.07, 6.45) is -0.448. The number of imidazole rings is 1. The Morgan fingerprint density at radius 3 is 2.61 bits per heavy atom. The van der Waals surface area contributed by atoms with Crippen LogP contribution in [0.1, 0.15) is 22.6 Å². The van der Waals surface area contributed by atoms with Crippen LogP contribution in [0.2, 0.25) is 0 Å². The van der Waals surface area contributed by atoms with Crippen LogP contribution in [0.25, 0.3) is 22.6 Å². The number of hydrogen-bond acceptors (Lipinski definition) is 6. The van der Waals surface area contributed by atoms with Crippen LogP contribution in [0.3, 0.4) is 0 Å². The van der Waals surface area contributed by atoms with Crippen LogP contribution in [0, 0.1) is 11.6 Å². The van der Waals surface area contributed by atoms with Gasteiger partial charge in [0.25, 0.3) is 0 Å². The highest BCUT2D eigenvalue weighted by Crippen LogP contribution is 2.38. The second kappa shape index (κ2) is 9.02. The summed E-state index contributed by atoms with van der Waals surface area (Å²) in [4.78, 5) is 15.7. The summed E-state index contributed by atoms with van der Waals surface area (Å²) in [6, 6.07) is 7.46. The molecular weight excluding hydrogens is 483 g/mol. The maximum Gasteiger partial charge on any atom is 0.417 e. The average Bonchev–Trinajstić information content (AvgIpc) is 3.28. The van der Waals surface area contributed by atoms with E-state index in [2.05, 4.69) is 25.0 Å². The van der Waals surface area contributed by atoms with Gasteiger partial charge in [-0.3, -0.25) is 15.0 Å². The van der Waals surface area contributed by atoms with Gasteiger partial charge in [0.1, 0.15) is 11.6 Å². The first-order valence-electron chi connectivity index (χ1n) is 10.6. The Balaban J connectivity index is 1.33. The standard InChI is InChI=1S/C24H17F5N6O/c1-36-14-5-6-15(17(7-14)24(27,28)29)19-9-30-13(8-31-19)11-35-12-21-20(10-32-35)33-23(34-21)16-3-2-4-18(25)22(16)26/h2-10H,11-12H2,1H3,(H,33,34). The van der Waals surface area contributed by atoms with Crippen molar-refractivity contribution in [1.29, 1.82) is 0 Å². The Kier molecular flexibility index (Phi) is 5.86. The molecule has 1 aliphatic heterocycles. The third-order valence-corrected chi connectivity index (χ3v) is 5.56. The van der Waals surface area contributed by atoms with Crippen molar-refractivity contribution < 1.29 is 26.7 Å². The summed E-state index contributed by atoms with van der Waals surface area (Å²) < 4.78 is 73.2. The lowest BCUT2D eigenvalue weighted by Gasteiger charge is -2.20. The number of benzene rings is 2. The number of aromatic nitrogens is 4. The maximum absolute atomic E-state index is 14.1. The number of H-pyrrole nitrogens is 1. The van der Waals surface area contributed by atoms with E-state index < -0.39 is 23.4 Å². The first-order chi connectivity index (χ1) is 17.2. The lowest BCUT2D eigenvalue weighted by Crippen LogP contribution is -2.22. The number of alkyl halides is 3. The molecule has 1 aliphatic rings. The fourth-order valence-electron chi connectivity index (χ4n) is 3.78. The summed E-state index contributed by atoms with van der Waals surface area (Å²) in [5.41, 5.74) is 0.674. The van der Waals surface area contributed by atoms with Crippen molar-refractivity contribution in [2.75, 3.05) is 7.11 Å². The number of rotatable bonds is 5. The molecule has 1 N–H and O–H groups in total. The molecule has 36 heavy (non-hydrogen) atoms. The van der Waals surface area contributed by atoms with Gasteiger partial charge in [0.2, 0.25) is 0 Å². The second-order valence-electron chi connectivity index (χ2n) is 7.92. The molecule has 0 amide bonds. The van der Waals surface area contributed by atoms with Gasteiger partial charge < -0.3 is 9.72 Å². The molecule has 184 valence electrons. The van der Waals surface area contributed by atoms with Gasteiger partial charge in [0.05, 0.1) is 72.7 Å².